The van der Waals surface area contributed by atoms with Gasteiger partial charge in [-0.1, -0.05) is 40.2 Å². The molecule has 0 amide bonds. The van der Waals surface area contributed by atoms with Crippen molar-refractivity contribution in [2.24, 2.45) is 0 Å². The van der Waals surface area contributed by atoms with Gasteiger partial charge in [-0.3, -0.25) is 9.36 Å². The van der Waals surface area contributed by atoms with E-state index >= 15 is 0 Å². The summed E-state index contributed by atoms with van der Waals surface area (Å²) in [7, 11) is 0. The van der Waals surface area contributed by atoms with E-state index in [1.165, 1.54) is 0 Å². The van der Waals surface area contributed by atoms with Crippen LogP contribution in [0.4, 0.5) is 0 Å². The van der Waals surface area contributed by atoms with Crippen LogP contribution in [0.3, 0.4) is 0 Å². The molecule has 142 valence electrons. The van der Waals surface area contributed by atoms with Gasteiger partial charge < -0.3 is 9.47 Å². The molecule has 3 aromatic carbocycles. The van der Waals surface area contributed by atoms with Gasteiger partial charge in [0.1, 0.15) is 5.82 Å². The quantitative estimate of drug-likeness (QED) is 0.441. The van der Waals surface area contributed by atoms with Crippen LogP contribution in [-0.4, -0.2) is 16.3 Å². The summed E-state index contributed by atoms with van der Waals surface area (Å²) in [4.78, 5) is 18.0. The van der Waals surface area contributed by atoms with Crippen molar-refractivity contribution < 1.29 is 9.47 Å². The maximum atomic E-state index is 13.2. The summed E-state index contributed by atoms with van der Waals surface area (Å²) >= 11 is 3.44. The fraction of sp³-hybridized carbons (Fsp3) is 0.0435. The monoisotopic (exact) mass is 446 g/mol. The highest BCUT2D eigenvalue weighted by Crippen LogP contribution is 2.33. The Morgan fingerprint density at radius 2 is 1.72 bits per heavy atom. The van der Waals surface area contributed by atoms with Crippen LogP contribution < -0.4 is 15.0 Å². The largest absolute Gasteiger partial charge is 0.454 e. The van der Waals surface area contributed by atoms with Crippen LogP contribution in [0.25, 0.3) is 28.7 Å². The molecule has 0 aliphatic carbocycles. The summed E-state index contributed by atoms with van der Waals surface area (Å²) in [6.45, 7) is 0.234. The van der Waals surface area contributed by atoms with Crippen molar-refractivity contribution in [2.45, 2.75) is 0 Å². The van der Waals surface area contributed by atoms with Crippen molar-refractivity contribution in [1.29, 1.82) is 0 Å². The molecule has 0 saturated carbocycles. The Morgan fingerprint density at radius 3 is 2.59 bits per heavy atom. The first-order valence-corrected chi connectivity index (χ1v) is 9.84. The molecule has 2 heterocycles. The van der Waals surface area contributed by atoms with Crippen molar-refractivity contribution in [3.63, 3.8) is 0 Å². The first-order valence-electron chi connectivity index (χ1n) is 9.04. The zero-order valence-electron chi connectivity index (χ0n) is 15.2. The third-order valence-electron chi connectivity index (χ3n) is 4.71. The molecule has 4 aromatic rings. The number of para-hydroxylation sites is 1. The molecule has 1 aromatic heterocycles. The van der Waals surface area contributed by atoms with E-state index in [-0.39, 0.29) is 12.4 Å². The minimum absolute atomic E-state index is 0.108. The van der Waals surface area contributed by atoms with Crippen molar-refractivity contribution >= 4 is 39.0 Å². The average Bonchev–Trinajstić information content (AvgIpc) is 3.21. The zero-order valence-corrected chi connectivity index (χ0v) is 16.8. The minimum Gasteiger partial charge on any atom is -0.454 e. The van der Waals surface area contributed by atoms with E-state index in [4.69, 9.17) is 14.5 Å². The summed E-state index contributed by atoms with van der Waals surface area (Å²) < 4.78 is 13.4. The fourth-order valence-corrected chi connectivity index (χ4v) is 3.55. The first-order chi connectivity index (χ1) is 14.2. The molecular formula is C23H15BrN2O3. The van der Waals surface area contributed by atoms with Crippen molar-refractivity contribution in [3.05, 3.63) is 92.9 Å². The molecule has 6 heteroatoms. The topological polar surface area (TPSA) is 53.4 Å². The molecule has 5 rings (SSSR count). The summed E-state index contributed by atoms with van der Waals surface area (Å²) in [5.74, 6) is 2.00. The van der Waals surface area contributed by atoms with Crippen molar-refractivity contribution in [2.75, 3.05) is 6.79 Å². The molecular weight excluding hydrogens is 432 g/mol. The molecule has 0 fully saturated rings. The summed E-state index contributed by atoms with van der Waals surface area (Å²) in [6.07, 6.45) is 3.75. The van der Waals surface area contributed by atoms with Gasteiger partial charge in [-0.2, -0.15) is 0 Å². The van der Waals surface area contributed by atoms with E-state index in [9.17, 15) is 4.79 Å². The Bertz CT molecular complexity index is 1310. The van der Waals surface area contributed by atoms with Crippen LogP contribution in [0, 0.1) is 0 Å². The molecule has 1 aliphatic rings. The number of hydrogen-bond acceptors (Lipinski definition) is 4. The molecule has 0 bridgehead atoms. The fourth-order valence-electron chi connectivity index (χ4n) is 3.29. The Hall–Kier alpha value is -3.38. The minimum atomic E-state index is -0.108. The van der Waals surface area contributed by atoms with E-state index in [2.05, 4.69) is 15.9 Å². The van der Waals surface area contributed by atoms with Crippen LogP contribution >= 0.6 is 15.9 Å². The highest BCUT2D eigenvalue weighted by atomic mass is 79.9. The Labute approximate surface area is 175 Å². The van der Waals surface area contributed by atoms with Gasteiger partial charge in [-0.05, 0) is 60.2 Å². The molecule has 0 unspecified atom stereocenters. The number of benzene rings is 3. The normalized spacial score (nSPS) is 12.7. The number of rotatable bonds is 3. The van der Waals surface area contributed by atoms with E-state index in [1.807, 2.05) is 72.8 Å². The van der Waals surface area contributed by atoms with Gasteiger partial charge >= 0.3 is 0 Å². The molecule has 0 saturated heterocycles. The van der Waals surface area contributed by atoms with Gasteiger partial charge in [0.05, 0.1) is 16.6 Å². The van der Waals surface area contributed by atoms with Gasteiger partial charge in [0, 0.05) is 4.47 Å². The van der Waals surface area contributed by atoms with Crippen molar-refractivity contribution in [3.8, 4) is 17.2 Å². The van der Waals surface area contributed by atoms with E-state index in [0.29, 0.717) is 22.5 Å². The van der Waals surface area contributed by atoms with E-state index in [0.717, 1.165) is 21.5 Å². The van der Waals surface area contributed by atoms with Crippen LogP contribution in [0.2, 0.25) is 0 Å². The maximum Gasteiger partial charge on any atom is 0.266 e. The lowest BCUT2D eigenvalue weighted by Crippen LogP contribution is -2.22. The van der Waals surface area contributed by atoms with Crippen molar-refractivity contribution in [1.82, 2.24) is 9.55 Å². The second-order valence-electron chi connectivity index (χ2n) is 6.55. The maximum absolute atomic E-state index is 13.2. The van der Waals surface area contributed by atoms with Crippen LogP contribution in [0.1, 0.15) is 11.4 Å². The molecule has 1 aliphatic heterocycles. The molecule has 0 atom stereocenters. The highest BCUT2D eigenvalue weighted by molar-refractivity contribution is 9.10. The number of halogens is 1. The highest BCUT2D eigenvalue weighted by Gasteiger charge is 2.13. The predicted molar refractivity (Wildman–Crippen MR) is 117 cm³/mol. The standard InChI is InChI=1S/C23H15BrN2O3/c24-16-7-9-17(10-8-16)26-22(25-19-4-2-1-3-18(19)23(26)27)12-6-15-5-11-20-21(13-15)29-14-28-20/h1-13H,14H2. The smallest absolute Gasteiger partial charge is 0.266 e. The lowest BCUT2D eigenvalue weighted by molar-refractivity contribution is 0.174. The predicted octanol–water partition coefficient (Wildman–Crippen LogP) is 5.05. The van der Waals surface area contributed by atoms with Gasteiger partial charge in [0.2, 0.25) is 6.79 Å². The second-order valence-corrected chi connectivity index (χ2v) is 7.47. The molecule has 5 nitrogen and oxygen atoms in total. The first kappa shape index (κ1) is 17.7. The lowest BCUT2D eigenvalue weighted by atomic mass is 10.1. The van der Waals surface area contributed by atoms with E-state index < -0.39 is 0 Å². The summed E-state index contributed by atoms with van der Waals surface area (Å²) in [6, 6.07) is 20.7. The Kier molecular flexibility index (Phi) is 4.41. The third kappa shape index (κ3) is 3.32. The van der Waals surface area contributed by atoms with Gasteiger partial charge in [-0.15, -0.1) is 0 Å². The molecule has 0 spiro atoms. The number of ether oxygens (including phenoxy) is 2. The van der Waals surface area contributed by atoms with E-state index in [1.54, 1.807) is 10.6 Å². The van der Waals surface area contributed by atoms with Crippen LogP contribution in [-0.2, 0) is 0 Å². The van der Waals surface area contributed by atoms with Gasteiger partial charge in [0.15, 0.2) is 11.5 Å². The summed E-state index contributed by atoms with van der Waals surface area (Å²) in [5.41, 5.74) is 2.24. The third-order valence-corrected chi connectivity index (χ3v) is 5.24. The summed E-state index contributed by atoms with van der Waals surface area (Å²) in [5, 5.41) is 0.579. The van der Waals surface area contributed by atoms with Gasteiger partial charge in [-0.25, -0.2) is 4.98 Å². The number of fused-ring (bicyclic) bond motifs is 2. The molecule has 0 radical (unpaired) electrons. The average molecular weight is 447 g/mol. The van der Waals surface area contributed by atoms with Crippen LogP contribution in [0.15, 0.2) is 76.0 Å². The zero-order chi connectivity index (χ0) is 19.8. The second kappa shape index (κ2) is 7.22. The van der Waals surface area contributed by atoms with Crippen LogP contribution in [0.5, 0.6) is 11.5 Å². The number of nitrogens with zero attached hydrogens (tertiary/aromatic N) is 2. The molecule has 29 heavy (non-hydrogen) atoms. The van der Waals surface area contributed by atoms with Gasteiger partial charge in [0.25, 0.3) is 5.56 Å². The lowest BCUT2D eigenvalue weighted by Gasteiger charge is -2.11. The Morgan fingerprint density at radius 1 is 0.931 bits per heavy atom. The molecule has 0 N–H and O–H groups in total. The SMILES string of the molecule is O=c1c2ccccc2nc(C=Cc2ccc3c(c2)OCO3)n1-c1ccc(Br)cc1. The number of hydrogen-bond donors (Lipinski definition) is 0. The Balaban J connectivity index is 1.66. The number of aromatic nitrogens is 2.